The van der Waals surface area contributed by atoms with E-state index in [9.17, 15) is 23.1 Å². The lowest BCUT2D eigenvalue weighted by Crippen LogP contribution is -2.38. The molecule has 1 aliphatic carbocycles. The lowest BCUT2D eigenvalue weighted by atomic mass is 9.84. The van der Waals surface area contributed by atoms with E-state index in [4.69, 9.17) is 0 Å². The van der Waals surface area contributed by atoms with Gasteiger partial charge in [0.05, 0.1) is 11.0 Å². The number of carbonyl (C=O) groups is 2. The minimum absolute atomic E-state index is 0.0186. The summed E-state index contributed by atoms with van der Waals surface area (Å²) in [6, 6.07) is 18.5. The predicted molar refractivity (Wildman–Crippen MR) is 136 cm³/mol. The monoisotopic (exact) mass is 509 g/mol. The number of benzene rings is 3. The smallest absolute Gasteiger partial charge is 0.243 e. The lowest BCUT2D eigenvalue weighted by Gasteiger charge is -2.25. The second-order valence-corrected chi connectivity index (χ2v) is 12.1. The summed E-state index contributed by atoms with van der Waals surface area (Å²) in [5, 5.41) is 9.79. The summed E-state index contributed by atoms with van der Waals surface area (Å²) in [5.74, 6) is -0.268. The molecule has 0 fully saturated rings. The maximum atomic E-state index is 13.2. The number of ketones is 2. The van der Waals surface area contributed by atoms with Crippen LogP contribution in [0.25, 0.3) is 0 Å². The highest BCUT2D eigenvalue weighted by Crippen LogP contribution is 2.37. The maximum Gasteiger partial charge on any atom is 0.243 e. The van der Waals surface area contributed by atoms with Crippen molar-refractivity contribution in [3.63, 3.8) is 0 Å². The van der Waals surface area contributed by atoms with Crippen LogP contribution in [0.2, 0.25) is 0 Å². The first-order chi connectivity index (χ1) is 16.6. The molecule has 8 heteroatoms. The van der Waals surface area contributed by atoms with E-state index in [0.717, 1.165) is 4.90 Å². The number of rotatable bonds is 8. The fourth-order valence-corrected chi connectivity index (χ4v) is 6.79. The molecule has 0 saturated heterocycles. The first-order valence-electron chi connectivity index (χ1n) is 11.4. The fraction of sp³-hybridized carbons (Fsp3) is 0.259. The minimum atomic E-state index is -3.78. The van der Waals surface area contributed by atoms with Crippen LogP contribution < -0.4 is 0 Å². The Bertz CT molecular complexity index is 1370. The average Bonchev–Trinajstić information content (AvgIpc) is 2.82. The van der Waals surface area contributed by atoms with Gasteiger partial charge in [0.1, 0.15) is 0 Å². The van der Waals surface area contributed by atoms with Crippen molar-refractivity contribution in [3.8, 4) is 0 Å². The summed E-state index contributed by atoms with van der Waals surface area (Å²) in [6.45, 7) is 5.74. The van der Waals surface area contributed by atoms with Crippen LogP contribution >= 0.6 is 11.8 Å². The number of nitrogens with zero attached hydrogens (tertiary/aromatic N) is 1. The Labute approximate surface area is 210 Å². The van der Waals surface area contributed by atoms with Crippen LogP contribution in [0, 0.1) is 5.92 Å². The Balaban J connectivity index is 1.63. The number of aliphatic hydroxyl groups excluding tert-OH is 1. The van der Waals surface area contributed by atoms with Crippen molar-refractivity contribution in [1.29, 1.82) is 0 Å². The van der Waals surface area contributed by atoms with Crippen molar-refractivity contribution < 1.29 is 23.1 Å². The molecule has 0 saturated carbocycles. The first kappa shape index (κ1) is 25.3. The van der Waals surface area contributed by atoms with E-state index < -0.39 is 16.1 Å². The Kier molecular flexibility index (Phi) is 7.28. The van der Waals surface area contributed by atoms with Crippen LogP contribution in [0.4, 0.5) is 0 Å². The van der Waals surface area contributed by atoms with Gasteiger partial charge < -0.3 is 5.11 Å². The van der Waals surface area contributed by atoms with Gasteiger partial charge in [-0.1, -0.05) is 62.0 Å². The van der Waals surface area contributed by atoms with Gasteiger partial charge in [0.25, 0.3) is 0 Å². The highest BCUT2D eigenvalue weighted by atomic mass is 32.2. The number of carbonyl (C=O) groups excluding carboxylic acids is 2. The largest absolute Gasteiger partial charge is 0.392 e. The van der Waals surface area contributed by atoms with Gasteiger partial charge in [-0.05, 0) is 43.2 Å². The van der Waals surface area contributed by atoms with E-state index in [-0.39, 0.29) is 28.9 Å². The van der Waals surface area contributed by atoms with Crippen molar-refractivity contribution in [2.45, 2.75) is 41.6 Å². The Hall–Kier alpha value is -2.78. The number of hydrogen-bond acceptors (Lipinski definition) is 6. The predicted octanol–water partition coefficient (Wildman–Crippen LogP) is 4.64. The number of hydrogen-bond donors (Lipinski definition) is 1. The van der Waals surface area contributed by atoms with E-state index in [2.05, 4.69) is 0 Å². The van der Waals surface area contributed by atoms with Crippen LogP contribution in [0.5, 0.6) is 0 Å². The quantitative estimate of drug-likeness (QED) is 0.372. The summed E-state index contributed by atoms with van der Waals surface area (Å²) in [5.41, 5.74) is 1.55. The van der Waals surface area contributed by atoms with Crippen LogP contribution in [0.15, 0.2) is 81.4 Å². The molecule has 0 spiro atoms. The van der Waals surface area contributed by atoms with Crippen molar-refractivity contribution in [1.82, 2.24) is 4.31 Å². The SMILES string of the molecule is CC(C)CN(CC(C)O)S(=O)(=O)c1ccc(Sc2cccc3c2C(=O)c2ccccc2C3=O)cc1. The molecule has 1 unspecified atom stereocenters. The highest BCUT2D eigenvalue weighted by Gasteiger charge is 2.31. The molecule has 0 aromatic heterocycles. The van der Waals surface area contributed by atoms with Crippen LogP contribution in [0.1, 0.15) is 52.6 Å². The van der Waals surface area contributed by atoms with E-state index >= 15 is 0 Å². The van der Waals surface area contributed by atoms with Gasteiger partial charge in [-0.15, -0.1) is 0 Å². The number of fused-ring (bicyclic) bond motifs is 2. The van der Waals surface area contributed by atoms with Gasteiger partial charge >= 0.3 is 0 Å². The molecule has 0 amide bonds. The summed E-state index contributed by atoms with van der Waals surface area (Å²) in [4.78, 5) is 27.7. The van der Waals surface area contributed by atoms with Gasteiger partial charge in [0, 0.05) is 45.1 Å². The van der Waals surface area contributed by atoms with E-state index in [1.807, 2.05) is 13.8 Å². The molecule has 3 aromatic carbocycles. The molecule has 0 aliphatic heterocycles. The molecule has 0 heterocycles. The molecule has 35 heavy (non-hydrogen) atoms. The molecule has 0 radical (unpaired) electrons. The molecule has 182 valence electrons. The third-order valence-electron chi connectivity index (χ3n) is 5.64. The van der Waals surface area contributed by atoms with Crippen LogP contribution in [-0.2, 0) is 10.0 Å². The van der Waals surface area contributed by atoms with Crippen LogP contribution in [-0.4, -0.2) is 48.6 Å². The summed E-state index contributed by atoms with van der Waals surface area (Å²) in [7, 11) is -3.78. The zero-order chi connectivity index (χ0) is 25.3. The van der Waals surface area contributed by atoms with Crippen molar-refractivity contribution in [3.05, 3.63) is 89.0 Å². The minimum Gasteiger partial charge on any atom is -0.392 e. The maximum absolute atomic E-state index is 13.2. The number of sulfonamides is 1. The Morgan fingerprint density at radius 1 is 0.800 bits per heavy atom. The highest BCUT2D eigenvalue weighted by molar-refractivity contribution is 7.99. The summed E-state index contributed by atoms with van der Waals surface area (Å²) in [6.07, 6.45) is -0.784. The zero-order valence-corrected chi connectivity index (χ0v) is 21.4. The third kappa shape index (κ3) is 5.11. The molecule has 1 N–H and O–H groups in total. The number of aliphatic hydroxyl groups is 1. The normalized spacial score (nSPS) is 14.2. The van der Waals surface area contributed by atoms with Gasteiger partial charge in [-0.3, -0.25) is 9.59 Å². The van der Waals surface area contributed by atoms with E-state index in [1.165, 1.54) is 28.2 Å². The van der Waals surface area contributed by atoms with Gasteiger partial charge in [-0.25, -0.2) is 8.42 Å². The molecule has 4 rings (SSSR count). The standard InChI is InChI=1S/C27H27NO5S2/c1-17(2)15-28(16-18(3)29)35(32,33)20-13-11-19(12-14-20)34-24-10-6-9-23-25(24)27(31)22-8-5-4-7-21(22)26(23)30/h4-14,17-18,29H,15-16H2,1-3H3. The second kappa shape index (κ2) is 10.1. The van der Waals surface area contributed by atoms with Gasteiger partial charge in [0.15, 0.2) is 11.6 Å². The molecule has 3 aromatic rings. The van der Waals surface area contributed by atoms with Crippen LogP contribution in [0.3, 0.4) is 0 Å². The first-order valence-corrected chi connectivity index (χ1v) is 13.6. The summed E-state index contributed by atoms with van der Waals surface area (Å²) < 4.78 is 27.7. The van der Waals surface area contributed by atoms with Crippen molar-refractivity contribution in [2.24, 2.45) is 5.92 Å². The third-order valence-corrected chi connectivity index (χ3v) is 8.55. The van der Waals surface area contributed by atoms with Gasteiger partial charge in [0.2, 0.25) is 10.0 Å². The molecular weight excluding hydrogens is 482 g/mol. The Morgan fingerprint density at radius 3 is 2.00 bits per heavy atom. The van der Waals surface area contributed by atoms with E-state index in [1.54, 1.807) is 61.5 Å². The van der Waals surface area contributed by atoms with E-state index in [0.29, 0.717) is 33.7 Å². The molecule has 6 nitrogen and oxygen atoms in total. The summed E-state index contributed by atoms with van der Waals surface area (Å²) >= 11 is 1.31. The van der Waals surface area contributed by atoms with Gasteiger partial charge in [-0.2, -0.15) is 4.31 Å². The fourth-order valence-electron chi connectivity index (χ4n) is 4.13. The second-order valence-electron chi connectivity index (χ2n) is 9.02. The molecule has 0 bridgehead atoms. The Morgan fingerprint density at radius 2 is 1.40 bits per heavy atom. The topological polar surface area (TPSA) is 91.8 Å². The zero-order valence-electron chi connectivity index (χ0n) is 19.8. The molecule has 1 aliphatic rings. The van der Waals surface area contributed by atoms with Crippen molar-refractivity contribution in [2.75, 3.05) is 13.1 Å². The average molecular weight is 510 g/mol. The molecule has 1 atom stereocenters. The lowest BCUT2D eigenvalue weighted by molar-refractivity contribution is 0.0977. The molecular formula is C27H27NO5S2. The van der Waals surface area contributed by atoms with Crippen molar-refractivity contribution >= 4 is 33.4 Å².